The topological polar surface area (TPSA) is 34.4 Å². The average Bonchev–Trinajstić information content (AvgIpc) is 2.83. The molecule has 0 aliphatic carbocycles. The van der Waals surface area contributed by atoms with Crippen LogP contribution in [0.5, 0.6) is 5.75 Å². The molecule has 0 radical (unpaired) electrons. The number of hydrogen-bond acceptors (Lipinski definition) is 3. The van der Waals surface area contributed by atoms with E-state index in [4.69, 9.17) is 9.15 Å². The molecule has 3 nitrogen and oxygen atoms in total. The fourth-order valence-corrected chi connectivity index (χ4v) is 2.11. The van der Waals surface area contributed by atoms with Gasteiger partial charge in [-0.15, -0.1) is 0 Å². The number of aryl methyl sites for hydroxylation is 2. The Morgan fingerprint density at radius 2 is 2.00 bits per heavy atom. The van der Waals surface area contributed by atoms with Crippen LogP contribution in [0.15, 0.2) is 34.7 Å². The van der Waals surface area contributed by atoms with Crippen LogP contribution in [-0.2, 0) is 6.54 Å². The van der Waals surface area contributed by atoms with Gasteiger partial charge in [-0.25, -0.2) is 0 Å². The van der Waals surface area contributed by atoms with Crippen LogP contribution in [-0.4, -0.2) is 7.11 Å². The number of nitrogens with one attached hydrogen (secondary N) is 1. The Morgan fingerprint density at radius 3 is 2.58 bits per heavy atom. The van der Waals surface area contributed by atoms with E-state index < -0.39 is 0 Å². The zero-order chi connectivity index (χ0) is 13.8. The van der Waals surface area contributed by atoms with E-state index in [-0.39, 0.29) is 6.04 Å². The van der Waals surface area contributed by atoms with Gasteiger partial charge in [-0.3, -0.25) is 0 Å². The van der Waals surface area contributed by atoms with Gasteiger partial charge in [0.05, 0.1) is 13.2 Å². The van der Waals surface area contributed by atoms with Crippen LogP contribution in [0.25, 0.3) is 0 Å². The van der Waals surface area contributed by atoms with Gasteiger partial charge in [-0.1, -0.05) is 12.1 Å². The van der Waals surface area contributed by atoms with Crippen molar-refractivity contribution in [2.75, 3.05) is 7.11 Å². The SMILES string of the molecule is COc1ccc(CNC(C)c2ccc(C)o2)cc1C. The lowest BCUT2D eigenvalue weighted by atomic mass is 10.1. The summed E-state index contributed by atoms with van der Waals surface area (Å²) in [7, 11) is 1.70. The molecule has 1 unspecified atom stereocenters. The monoisotopic (exact) mass is 259 g/mol. The molecule has 2 rings (SSSR count). The molecule has 1 N–H and O–H groups in total. The van der Waals surface area contributed by atoms with Crippen LogP contribution in [0.1, 0.15) is 35.6 Å². The Labute approximate surface area is 114 Å². The minimum absolute atomic E-state index is 0.205. The first-order valence-corrected chi connectivity index (χ1v) is 6.53. The summed E-state index contributed by atoms with van der Waals surface area (Å²) >= 11 is 0. The Balaban J connectivity index is 1.97. The number of rotatable bonds is 5. The van der Waals surface area contributed by atoms with E-state index in [9.17, 15) is 0 Å². The van der Waals surface area contributed by atoms with E-state index in [0.717, 1.165) is 29.4 Å². The van der Waals surface area contributed by atoms with Crippen LogP contribution in [0.4, 0.5) is 0 Å². The lowest BCUT2D eigenvalue weighted by molar-refractivity contribution is 0.409. The maximum atomic E-state index is 5.61. The Morgan fingerprint density at radius 1 is 1.21 bits per heavy atom. The highest BCUT2D eigenvalue weighted by atomic mass is 16.5. The fraction of sp³-hybridized carbons (Fsp3) is 0.375. The third kappa shape index (κ3) is 3.38. The molecular weight excluding hydrogens is 238 g/mol. The minimum atomic E-state index is 0.205. The summed E-state index contributed by atoms with van der Waals surface area (Å²) in [6.07, 6.45) is 0. The molecule has 1 aromatic carbocycles. The molecule has 0 spiro atoms. The average molecular weight is 259 g/mol. The molecule has 2 aromatic rings. The summed E-state index contributed by atoms with van der Waals surface area (Å²) in [5.41, 5.74) is 2.40. The number of hydrogen-bond donors (Lipinski definition) is 1. The zero-order valence-corrected chi connectivity index (χ0v) is 12.0. The summed E-state index contributed by atoms with van der Waals surface area (Å²) in [5.74, 6) is 2.85. The van der Waals surface area contributed by atoms with Crippen molar-refractivity contribution in [3.63, 3.8) is 0 Å². The lowest BCUT2D eigenvalue weighted by Gasteiger charge is -2.12. The van der Waals surface area contributed by atoms with Crippen LogP contribution in [0, 0.1) is 13.8 Å². The van der Waals surface area contributed by atoms with E-state index in [1.807, 2.05) is 25.1 Å². The number of benzene rings is 1. The molecular formula is C16H21NO2. The first-order chi connectivity index (χ1) is 9.10. The predicted molar refractivity (Wildman–Crippen MR) is 76.4 cm³/mol. The molecule has 0 bridgehead atoms. The van der Waals surface area contributed by atoms with Crippen LogP contribution in [0.2, 0.25) is 0 Å². The molecule has 0 saturated carbocycles. The molecule has 102 valence electrons. The van der Waals surface area contributed by atoms with Crippen molar-refractivity contribution in [1.82, 2.24) is 5.32 Å². The van der Waals surface area contributed by atoms with Gasteiger partial charge in [0.25, 0.3) is 0 Å². The summed E-state index contributed by atoms with van der Waals surface area (Å²) in [4.78, 5) is 0. The van der Waals surface area contributed by atoms with Crippen LogP contribution < -0.4 is 10.1 Å². The molecule has 0 saturated heterocycles. The first kappa shape index (κ1) is 13.7. The van der Waals surface area contributed by atoms with Gasteiger partial charge < -0.3 is 14.5 Å². The summed E-state index contributed by atoms with van der Waals surface area (Å²) in [6, 6.07) is 10.5. The molecule has 19 heavy (non-hydrogen) atoms. The number of furan rings is 1. The fourth-order valence-electron chi connectivity index (χ4n) is 2.11. The van der Waals surface area contributed by atoms with Crippen molar-refractivity contribution in [3.8, 4) is 5.75 Å². The summed E-state index contributed by atoms with van der Waals surface area (Å²) in [5, 5.41) is 3.46. The molecule has 1 atom stereocenters. The van der Waals surface area contributed by atoms with E-state index in [1.165, 1.54) is 5.56 Å². The summed E-state index contributed by atoms with van der Waals surface area (Å²) < 4.78 is 10.9. The molecule has 0 aliphatic rings. The summed E-state index contributed by atoms with van der Waals surface area (Å²) in [6.45, 7) is 6.94. The quantitative estimate of drug-likeness (QED) is 0.888. The molecule has 1 heterocycles. The van der Waals surface area contributed by atoms with Crippen molar-refractivity contribution < 1.29 is 9.15 Å². The maximum absolute atomic E-state index is 5.61. The van der Waals surface area contributed by atoms with Gasteiger partial charge in [-0.05, 0) is 50.1 Å². The second-order valence-corrected chi connectivity index (χ2v) is 4.85. The molecule has 0 aliphatic heterocycles. The van der Waals surface area contributed by atoms with Gasteiger partial charge in [0.15, 0.2) is 0 Å². The third-order valence-corrected chi connectivity index (χ3v) is 3.26. The largest absolute Gasteiger partial charge is 0.496 e. The van der Waals surface area contributed by atoms with E-state index in [1.54, 1.807) is 7.11 Å². The van der Waals surface area contributed by atoms with E-state index in [0.29, 0.717) is 0 Å². The Bertz CT molecular complexity index is 545. The highest BCUT2D eigenvalue weighted by molar-refractivity contribution is 5.36. The zero-order valence-electron chi connectivity index (χ0n) is 12.0. The van der Waals surface area contributed by atoms with Gasteiger partial charge in [0.1, 0.15) is 17.3 Å². The smallest absolute Gasteiger partial charge is 0.121 e. The first-order valence-electron chi connectivity index (χ1n) is 6.53. The Hall–Kier alpha value is -1.74. The van der Waals surface area contributed by atoms with Crippen molar-refractivity contribution in [2.24, 2.45) is 0 Å². The normalized spacial score (nSPS) is 12.4. The van der Waals surface area contributed by atoms with Crippen LogP contribution in [0.3, 0.4) is 0 Å². The van der Waals surface area contributed by atoms with Gasteiger partial charge in [-0.2, -0.15) is 0 Å². The highest BCUT2D eigenvalue weighted by Gasteiger charge is 2.09. The molecule has 1 aromatic heterocycles. The van der Waals surface area contributed by atoms with Crippen LogP contribution >= 0.6 is 0 Å². The minimum Gasteiger partial charge on any atom is -0.496 e. The second kappa shape index (κ2) is 5.93. The number of ether oxygens (including phenoxy) is 1. The van der Waals surface area contributed by atoms with Crippen molar-refractivity contribution in [1.29, 1.82) is 0 Å². The lowest BCUT2D eigenvalue weighted by Crippen LogP contribution is -2.17. The van der Waals surface area contributed by atoms with Crippen molar-refractivity contribution >= 4 is 0 Å². The highest BCUT2D eigenvalue weighted by Crippen LogP contribution is 2.20. The van der Waals surface area contributed by atoms with Crippen molar-refractivity contribution in [3.05, 3.63) is 53.0 Å². The predicted octanol–water partition coefficient (Wildman–Crippen LogP) is 3.76. The van der Waals surface area contributed by atoms with Gasteiger partial charge in [0.2, 0.25) is 0 Å². The standard InChI is InChI=1S/C16H21NO2/c1-11-9-14(6-8-15(11)18-4)10-17-13(3)16-7-5-12(2)19-16/h5-9,13,17H,10H2,1-4H3. The Kier molecular flexibility index (Phi) is 4.27. The third-order valence-electron chi connectivity index (χ3n) is 3.26. The molecule has 0 fully saturated rings. The van der Waals surface area contributed by atoms with Crippen molar-refractivity contribution in [2.45, 2.75) is 33.4 Å². The molecule has 0 amide bonds. The maximum Gasteiger partial charge on any atom is 0.121 e. The van der Waals surface area contributed by atoms with Gasteiger partial charge >= 0.3 is 0 Å². The van der Waals surface area contributed by atoms with E-state index in [2.05, 4.69) is 31.3 Å². The molecule has 3 heteroatoms. The second-order valence-electron chi connectivity index (χ2n) is 4.85. The number of methoxy groups -OCH3 is 1. The van der Waals surface area contributed by atoms with E-state index >= 15 is 0 Å². The van der Waals surface area contributed by atoms with Gasteiger partial charge in [0, 0.05) is 6.54 Å².